The number of benzene rings is 1. The van der Waals surface area contributed by atoms with Crippen LogP contribution in [0.25, 0.3) is 6.08 Å². The van der Waals surface area contributed by atoms with Crippen LogP contribution in [0.1, 0.15) is 12.5 Å². The molecule has 1 aromatic rings. The van der Waals surface area contributed by atoms with Crippen molar-refractivity contribution < 1.29 is 17.7 Å². The summed E-state index contributed by atoms with van der Waals surface area (Å²) in [7, 11) is 0. The van der Waals surface area contributed by atoms with Crippen LogP contribution in [-0.4, -0.2) is 6.54 Å². The Labute approximate surface area is 79.9 Å². The van der Waals surface area contributed by atoms with E-state index in [0.717, 1.165) is 6.54 Å². The molecule has 0 aromatic heterocycles. The van der Waals surface area contributed by atoms with E-state index in [2.05, 4.69) is 43.1 Å². The summed E-state index contributed by atoms with van der Waals surface area (Å²) in [6, 6.07) is 8.38. The van der Waals surface area contributed by atoms with E-state index in [0.29, 0.717) is 0 Å². The number of nitrogens with two attached hydrogens (primary N) is 1. The summed E-state index contributed by atoms with van der Waals surface area (Å²) in [5, 5.41) is 2.20. The first kappa shape index (κ1) is 11.2. The van der Waals surface area contributed by atoms with Crippen LogP contribution in [0.15, 0.2) is 30.8 Å². The Kier molecular flexibility index (Phi) is 5.43. The Balaban J connectivity index is 0.00000121. The zero-order chi connectivity index (χ0) is 8.10. The van der Waals surface area contributed by atoms with Crippen LogP contribution in [0.4, 0.5) is 5.69 Å². The fourth-order valence-electron chi connectivity index (χ4n) is 1.00. The highest BCUT2D eigenvalue weighted by molar-refractivity contribution is 5.49. The van der Waals surface area contributed by atoms with Gasteiger partial charge >= 0.3 is 0 Å². The average Bonchev–Trinajstić information content (AvgIpc) is 2.07. The van der Waals surface area contributed by atoms with Gasteiger partial charge in [-0.15, -0.1) is 0 Å². The van der Waals surface area contributed by atoms with E-state index in [1.165, 1.54) is 11.3 Å². The highest BCUT2D eigenvalue weighted by atomic mass is 35.5. The molecule has 0 radical (unpaired) electrons. The zero-order valence-electron chi connectivity index (χ0n) is 7.26. The SMILES string of the molecule is C=Cc1ccc([NH2+]CC)cc1.[Cl-]. The largest absolute Gasteiger partial charge is 1.00 e. The van der Waals surface area contributed by atoms with Gasteiger partial charge in [-0.05, 0) is 36.8 Å². The molecule has 12 heavy (non-hydrogen) atoms. The van der Waals surface area contributed by atoms with E-state index >= 15 is 0 Å². The lowest BCUT2D eigenvalue weighted by molar-refractivity contribution is -0.567. The quantitative estimate of drug-likeness (QED) is 0.553. The van der Waals surface area contributed by atoms with Gasteiger partial charge in [0.2, 0.25) is 0 Å². The van der Waals surface area contributed by atoms with E-state index in [4.69, 9.17) is 0 Å². The smallest absolute Gasteiger partial charge is 0.129 e. The fraction of sp³-hybridized carbons (Fsp3) is 0.200. The van der Waals surface area contributed by atoms with Crippen LogP contribution < -0.4 is 17.7 Å². The summed E-state index contributed by atoms with van der Waals surface area (Å²) in [5.41, 5.74) is 2.47. The van der Waals surface area contributed by atoms with Crippen molar-refractivity contribution >= 4 is 11.8 Å². The molecule has 0 atom stereocenters. The van der Waals surface area contributed by atoms with Gasteiger partial charge in [0, 0.05) is 0 Å². The predicted octanol–water partition coefficient (Wildman–Crippen LogP) is -1.45. The van der Waals surface area contributed by atoms with Crippen LogP contribution in [0.3, 0.4) is 0 Å². The minimum atomic E-state index is 0. The van der Waals surface area contributed by atoms with Crippen molar-refractivity contribution in [2.24, 2.45) is 0 Å². The molecule has 0 fully saturated rings. The lowest BCUT2D eigenvalue weighted by atomic mass is 10.2. The molecule has 0 amide bonds. The average molecular weight is 184 g/mol. The van der Waals surface area contributed by atoms with E-state index in [-0.39, 0.29) is 12.4 Å². The maximum Gasteiger partial charge on any atom is 0.129 e. The van der Waals surface area contributed by atoms with Crippen molar-refractivity contribution in [1.29, 1.82) is 0 Å². The summed E-state index contributed by atoms with van der Waals surface area (Å²) in [6.07, 6.45) is 1.86. The highest BCUT2D eigenvalue weighted by Crippen LogP contribution is 2.04. The molecule has 1 rings (SSSR count). The van der Waals surface area contributed by atoms with E-state index in [1.54, 1.807) is 0 Å². The van der Waals surface area contributed by atoms with Gasteiger partial charge in [-0.3, -0.25) is 0 Å². The van der Waals surface area contributed by atoms with E-state index < -0.39 is 0 Å². The van der Waals surface area contributed by atoms with Crippen molar-refractivity contribution in [3.63, 3.8) is 0 Å². The predicted molar refractivity (Wildman–Crippen MR) is 48.7 cm³/mol. The fourth-order valence-corrected chi connectivity index (χ4v) is 1.00. The summed E-state index contributed by atoms with van der Waals surface area (Å²) in [5.74, 6) is 0. The number of hydrogen-bond donors (Lipinski definition) is 1. The third kappa shape index (κ3) is 3.07. The molecule has 0 heterocycles. The first-order valence-corrected chi connectivity index (χ1v) is 3.92. The second-order valence-electron chi connectivity index (χ2n) is 2.48. The maximum absolute atomic E-state index is 3.70. The number of hydrogen-bond acceptors (Lipinski definition) is 0. The van der Waals surface area contributed by atoms with Crippen LogP contribution >= 0.6 is 0 Å². The van der Waals surface area contributed by atoms with Gasteiger partial charge in [-0.2, -0.15) is 0 Å². The molecule has 0 bridgehead atoms. The van der Waals surface area contributed by atoms with Gasteiger partial charge in [0.15, 0.2) is 0 Å². The van der Waals surface area contributed by atoms with Crippen LogP contribution in [0, 0.1) is 0 Å². The lowest BCUT2D eigenvalue weighted by Gasteiger charge is -1.96. The Bertz CT molecular complexity index is 228. The third-order valence-corrected chi connectivity index (χ3v) is 1.61. The summed E-state index contributed by atoms with van der Waals surface area (Å²) < 4.78 is 0. The molecular formula is C10H14ClN. The first-order valence-electron chi connectivity index (χ1n) is 3.92. The summed E-state index contributed by atoms with van der Waals surface area (Å²) >= 11 is 0. The number of rotatable bonds is 3. The number of quaternary nitrogens is 1. The van der Waals surface area contributed by atoms with Gasteiger partial charge in [-0.1, -0.05) is 12.7 Å². The van der Waals surface area contributed by atoms with Crippen molar-refractivity contribution in [1.82, 2.24) is 0 Å². The topological polar surface area (TPSA) is 16.6 Å². The summed E-state index contributed by atoms with van der Waals surface area (Å²) in [6.45, 7) is 6.93. The van der Waals surface area contributed by atoms with Gasteiger partial charge in [0.05, 0.1) is 6.54 Å². The standard InChI is InChI=1S/C10H13N.ClH/c1-3-9-5-7-10(8-6-9)11-4-2;/h3,5-8,11H,1,4H2,2H3;1H. The second kappa shape index (κ2) is 5.81. The molecule has 66 valence electrons. The van der Waals surface area contributed by atoms with E-state index in [1.807, 2.05) is 6.08 Å². The molecule has 0 aliphatic heterocycles. The minimum Gasteiger partial charge on any atom is -1.00 e. The van der Waals surface area contributed by atoms with Gasteiger partial charge < -0.3 is 17.7 Å². The molecule has 0 saturated heterocycles. The maximum atomic E-state index is 3.70. The minimum absolute atomic E-state index is 0. The Morgan fingerprint density at radius 3 is 2.33 bits per heavy atom. The van der Waals surface area contributed by atoms with Crippen LogP contribution in [0.2, 0.25) is 0 Å². The second-order valence-corrected chi connectivity index (χ2v) is 2.48. The van der Waals surface area contributed by atoms with E-state index in [9.17, 15) is 0 Å². The molecule has 1 aromatic carbocycles. The van der Waals surface area contributed by atoms with Crippen LogP contribution in [-0.2, 0) is 0 Å². The van der Waals surface area contributed by atoms with Gasteiger partial charge in [0.1, 0.15) is 5.69 Å². The van der Waals surface area contributed by atoms with Crippen molar-refractivity contribution in [3.05, 3.63) is 36.4 Å². The molecule has 2 heteroatoms. The molecule has 0 saturated carbocycles. The Morgan fingerprint density at radius 2 is 1.92 bits per heavy atom. The Morgan fingerprint density at radius 1 is 1.33 bits per heavy atom. The van der Waals surface area contributed by atoms with Gasteiger partial charge in [-0.25, -0.2) is 0 Å². The molecule has 0 aliphatic carbocycles. The first-order chi connectivity index (χ1) is 5.36. The molecule has 0 aliphatic rings. The third-order valence-electron chi connectivity index (χ3n) is 1.61. The Hall–Kier alpha value is -0.790. The van der Waals surface area contributed by atoms with Crippen LogP contribution in [0.5, 0.6) is 0 Å². The lowest BCUT2D eigenvalue weighted by Crippen LogP contribution is -3.00. The van der Waals surface area contributed by atoms with Crippen molar-refractivity contribution in [2.45, 2.75) is 6.92 Å². The molecule has 2 N–H and O–H groups in total. The summed E-state index contributed by atoms with van der Waals surface area (Å²) in [4.78, 5) is 0. The zero-order valence-corrected chi connectivity index (χ0v) is 8.01. The number of halogens is 1. The molecule has 0 spiro atoms. The van der Waals surface area contributed by atoms with Gasteiger partial charge in [0.25, 0.3) is 0 Å². The molecular weight excluding hydrogens is 170 g/mol. The molecule has 0 unspecified atom stereocenters. The molecule has 1 nitrogen and oxygen atoms in total. The monoisotopic (exact) mass is 183 g/mol. The highest BCUT2D eigenvalue weighted by Gasteiger charge is 1.91. The normalized spacial score (nSPS) is 8.75. The van der Waals surface area contributed by atoms with Crippen molar-refractivity contribution in [2.75, 3.05) is 6.54 Å². The van der Waals surface area contributed by atoms with Crippen molar-refractivity contribution in [3.8, 4) is 0 Å².